The Morgan fingerprint density at radius 3 is 2.32 bits per heavy atom. The molecule has 13 heteroatoms. The van der Waals surface area contributed by atoms with Crippen molar-refractivity contribution in [1.82, 2.24) is 19.9 Å². The largest absolute Gasteiger partial charge is 0.456 e. The number of ether oxygens (including phenoxy) is 2. The average Bonchev–Trinajstić information content (AvgIpc) is 3.29. The molecular formula is C25H19FN4O6S2. The molecule has 0 amide bonds. The fourth-order valence-corrected chi connectivity index (χ4v) is 4.96. The molecule has 1 N–H and O–H groups in total. The summed E-state index contributed by atoms with van der Waals surface area (Å²) in [7, 11) is -7.33. The molecule has 0 saturated heterocycles. The highest BCUT2D eigenvalue weighted by Crippen LogP contribution is 2.39. The number of para-hydroxylation sites is 1. The maximum Gasteiger partial charge on any atom is 0.192 e. The number of nitrogens with zero attached hydrogens (tertiary/aromatic N) is 3. The second-order valence-electron chi connectivity index (χ2n) is 8.27. The Morgan fingerprint density at radius 1 is 0.842 bits per heavy atom. The molecule has 5 rings (SSSR count). The topological polar surface area (TPSA) is 141 Å². The summed E-state index contributed by atoms with van der Waals surface area (Å²) in [5.41, 5.74) is 1.22. The fraction of sp³-hybridized carbons (Fsp3) is 0.0800. The SMILES string of the molecule is CS(=O)(=O)c1ccc(Oc2cc(Oc3c(F)cccc3S(C)(=O)=O)c3nc(-c4ccccn4)[nH]c3c2)cn1. The van der Waals surface area contributed by atoms with Crippen LogP contribution in [0, 0.1) is 5.82 Å². The predicted molar refractivity (Wildman–Crippen MR) is 136 cm³/mol. The monoisotopic (exact) mass is 554 g/mol. The first-order valence-electron chi connectivity index (χ1n) is 10.9. The van der Waals surface area contributed by atoms with Crippen LogP contribution in [0.25, 0.3) is 22.6 Å². The van der Waals surface area contributed by atoms with Gasteiger partial charge in [0.15, 0.2) is 47.8 Å². The van der Waals surface area contributed by atoms with Crippen molar-refractivity contribution in [2.45, 2.75) is 9.92 Å². The molecule has 5 aromatic rings. The Kier molecular flexibility index (Phi) is 6.33. The van der Waals surface area contributed by atoms with Crippen LogP contribution in [0.3, 0.4) is 0 Å². The van der Waals surface area contributed by atoms with E-state index in [1.54, 1.807) is 30.5 Å². The van der Waals surface area contributed by atoms with Crippen molar-refractivity contribution in [2.75, 3.05) is 12.5 Å². The van der Waals surface area contributed by atoms with Gasteiger partial charge >= 0.3 is 0 Å². The number of fused-ring (bicyclic) bond motifs is 1. The minimum absolute atomic E-state index is 0.00615. The van der Waals surface area contributed by atoms with Crippen molar-refractivity contribution in [3.05, 3.63) is 78.9 Å². The number of halogens is 1. The van der Waals surface area contributed by atoms with E-state index in [0.29, 0.717) is 17.0 Å². The van der Waals surface area contributed by atoms with E-state index in [4.69, 9.17) is 9.47 Å². The lowest BCUT2D eigenvalue weighted by Crippen LogP contribution is -2.02. The third kappa shape index (κ3) is 5.19. The molecule has 0 atom stereocenters. The molecule has 3 heterocycles. The molecule has 0 bridgehead atoms. The zero-order valence-electron chi connectivity index (χ0n) is 19.9. The number of nitrogens with one attached hydrogen (secondary N) is 1. The van der Waals surface area contributed by atoms with Gasteiger partial charge in [0.1, 0.15) is 27.6 Å². The van der Waals surface area contributed by atoms with Crippen molar-refractivity contribution in [1.29, 1.82) is 0 Å². The lowest BCUT2D eigenvalue weighted by atomic mass is 10.2. The number of hydrogen-bond acceptors (Lipinski definition) is 9. The first-order chi connectivity index (χ1) is 18.0. The molecule has 194 valence electrons. The molecule has 0 aliphatic carbocycles. The Morgan fingerprint density at radius 2 is 1.66 bits per heavy atom. The van der Waals surface area contributed by atoms with E-state index in [2.05, 4.69) is 19.9 Å². The van der Waals surface area contributed by atoms with Crippen LogP contribution in [0.2, 0.25) is 0 Å². The third-order valence-electron chi connectivity index (χ3n) is 5.30. The zero-order chi connectivity index (χ0) is 27.1. The van der Waals surface area contributed by atoms with Crippen LogP contribution in [0.15, 0.2) is 83.0 Å². The number of benzene rings is 2. The quantitative estimate of drug-likeness (QED) is 0.307. The van der Waals surface area contributed by atoms with Gasteiger partial charge in [0.25, 0.3) is 0 Å². The van der Waals surface area contributed by atoms with E-state index < -0.39 is 31.2 Å². The number of pyridine rings is 2. The van der Waals surface area contributed by atoms with Crippen LogP contribution in [-0.4, -0.2) is 49.3 Å². The van der Waals surface area contributed by atoms with Crippen LogP contribution in [0.1, 0.15) is 0 Å². The highest BCUT2D eigenvalue weighted by molar-refractivity contribution is 7.91. The second kappa shape index (κ2) is 9.50. The maximum atomic E-state index is 14.8. The van der Waals surface area contributed by atoms with Gasteiger partial charge in [-0.15, -0.1) is 0 Å². The number of H-pyrrole nitrogens is 1. The second-order valence-corrected chi connectivity index (χ2v) is 12.2. The molecule has 3 aromatic heterocycles. The highest BCUT2D eigenvalue weighted by Gasteiger charge is 2.22. The molecule has 38 heavy (non-hydrogen) atoms. The van der Waals surface area contributed by atoms with Gasteiger partial charge < -0.3 is 14.5 Å². The summed E-state index contributed by atoms with van der Waals surface area (Å²) in [6.45, 7) is 0. The lowest BCUT2D eigenvalue weighted by Gasteiger charge is -2.13. The Hall–Kier alpha value is -4.36. The lowest BCUT2D eigenvalue weighted by molar-refractivity contribution is 0.425. The van der Waals surface area contributed by atoms with Gasteiger partial charge in [0.2, 0.25) is 0 Å². The van der Waals surface area contributed by atoms with Crippen molar-refractivity contribution in [2.24, 2.45) is 0 Å². The highest BCUT2D eigenvalue weighted by atomic mass is 32.2. The number of aromatic nitrogens is 4. The average molecular weight is 555 g/mol. The van der Waals surface area contributed by atoms with Gasteiger partial charge in [0, 0.05) is 30.8 Å². The summed E-state index contributed by atoms with van der Waals surface area (Å²) in [6.07, 6.45) is 4.83. The molecule has 10 nitrogen and oxygen atoms in total. The molecule has 0 spiro atoms. The summed E-state index contributed by atoms with van der Waals surface area (Å²) >= 11 is 0. The Bertz CT molecular complexity index is 1880. The molecular weight excluding hydrogens is 535 g/mol. The summed E-state index contributed by atoms with van der Waals surface area (Å²) in [5, 5.41) is -0.120. The van der Waals surface area contributed by atoms with Crippen LogP contribution in [0.5, 0.6) is 23.0 Å². The van der Waals surface area contributed by atoms with Gasteiger partial charge in [-0.3, -0.25) is 4.98 Å². The van der Waals surface area contributed by atoms with Gasteiger partial charge in [-0.1, -0.05) is 12.1 Å². The molecule has 0 aliphatic heterocycles. The first kappa shape index (κ1) is 25.3. The van der Waals surface area contributed by atoms with E-state index in [1.807, 2.05) is 0 Å². The van der Waals surface area contributed by atoms with Gasteiger partial charge in [0.05, 0.1) is 11.7 Å². The predicted octanol–water partition coefficient (Wildman–Crippen LogP) is 4.55. The van der Waals surface area contributed by atoms with Crippen LogP contribution >= 0.6 is 0 Å². The molecule has 0 saturated carbocycles. The first-order valence-corrected chi connectivity index (χ1v) is 14.7. The Balaban J connectivity index is 1.63. The van der Waals surface area contributed by atoms with Gasteiger partial charge in [-0.2, -0.15) is 0 Å². The van der Waals surface area contributed by atoms with E-state index in [0.717, 1.165) is 18.6 Å². The molecule has 2 aromatic carbocycles. The Labute approximate surface area is 217 Å². The van der Waals surface area contributed by atoms with E-state index in [-0.39, 0.29) is 32.7 Å². The number of imidazole rings is 1. The number of rotatable bonds is 7. The van der Waals surface area contributed by atoms with E-state index >= 15 is 0 Å². The molecule has 0 fully saturated rings. The van der Waals surface area contributed by atoms with E-state index in [9.17, 15) is 21.2 Å². The molecule has 0 unspecified atom stereocenters. The standard InChI is InChI=1S/C25H19FN4O6S2/c1-37(31,32)21-8-5-6-17(26)24(21)36-20-13-16(35-15-9-10-22(28-14-15)38(2,33)34)12-19-23(20)30-25(29-19)18-7-3-4-11-27-18/h3-14H,1-2H3,(H,29,30). The minimum atomic E-state index is -3.83. The van der Waals surface area contributed by atoms with Gasteiger partial charge in [-0.25, -0.2) is 31.2 Å². The number of hydrogen-bond donors (Lipinski definition) is 1. The molecule has 0 radical (unpaired) electrons. The smallest absolute Gasteiger partial charge is 0.192 e. The van der Waals surface area contributed by atoms with Crippen molar-refractivity contribution < 1.29 is 30.7 Å². The van der Waals surface area contributed by atoms with Crippen LogP contribution in [0.4, 0.5) is 4.39 Å². The summed E-state index contributed by atoms with van der Waals surface area (Å²) in [6, 6.07) is 14.6. The summed E-state index contributed by atoms with van der Waals surface area (Å²) in [4.78, 5) is 15.5. The third-order valence-corrected chi connectivity index (χ3v) is 7.42. The van der Waals surface area contributed by atoms with Crippen LogP contribution < -0.4 is 9.47 Å². The van der Waals surface area contributed by atoms with E-state index in [1.165, 1.54) is 36.5 Å². The summed E-state index contributed by atoms with van der Waals surface area (Å²) in [5.74, 6) is -0.557. The summed E-state index contributed by atoms with van der Waals surface area (Å²) < 4.78 is 74.5. The minimum Gasteiger partial charge on any atom is -0.456 e. The maximum absolute atomic E-state index is 14.8. The van der Waals surface area contributed by atoms with Gasteiger partial charge in [-0.05, 0) is 36.4 Å². The van der Waals surface area contributed by atoms with Crippen molar-refractivity contribution >= 4 is 30.7 Å². The van der Waals surface area contributed by atoms with Crippen molar-refractivity contribution in [3.8, 4) is 34.5 Å². The van der Waals surface area contributed by atoms with Crippen LogP contribution in [-0.2, 0) is 19.7 Å². The fourth-order valence-electron chi connectivity index (χ4n) is 3.59. The number of aromatic amines is 1. The number of sulfone groups is 2. The molecule has 0 aliphatic rings. The zero-order valence-corrected chi connectivity index (χ0v) is 21.5. The normalized spacial score (nSPS) is 12.0. The van der Waals surface area contributed by atoms with Crippen molar-refractivity contribution in [3.63, 3.8) is 0 Å².